The molecule has 2 aromatic heterocycles. The summed E-state index contributed by atoms with van der Waals surface area (Å²) in [6.45, 7) is 3.22. The maximum atomic E-state index is 13.2. The van der Waals surface area contributed by atoms with Crippen molar-refractivity contribution in [2.24, 2.45) is 0 Å². The monoisotopic (exact) mass is 425 g/mol. The van der Waals surface area contributed by atoms with Crippen molar-refractivity contribution in [2.45, 2.75) is 19.4 Å². The van der Waals surface area contributed by atoms with Gasteiger partial charge in [0.05, 0.1) is 11.0 Å². The van der Waals surface area contributed by atoms with E-state index in [-0.39, 0.29) is 11.9 Å². The number of benzene rings is 1. The van der Waals surface area contributed by atoms with E-state index in [4.69, 9.17) is 9.26 Å². The molecule has 0 saturated carbocycles. The lowest BCUT2D eigenvalue weighted by Gasteiger charge is -2.16. The summed E-state index contributed by atoms with van der Waals surface area (Å²) in [5.41, 5.74) is 0. The number of nitrogens with zero attached hydrogens (tertiary/aromatic N) is 5. The summed E-state index contributed by atoms with van der Waals surface area (Å²) < 4.78 is 24.7. The molecule has 1 aromatic carbocycles. The van der Waals surface area contributed by atoms with Gasteiger partial charge >= 0.3 is 0 Å². The maximum Gasteiger partial charge on any atom is 0.233 e. The van der Waals surface area contributed by atoms with Crippen molar-refractivity contribution in [3.8, 4) is 16.6 Å². The normalized spacial score (nSPS) is 17.2. The molecule has 1 saturated heterocycles. The minimum Gasteiger partial charge on any atom is -0.487 e. The largest absolute Gasteiger partial charge is 0.487 e. The molecule has 3 heterocycles. The number of hydrogen-bond acceptors (Lipinski definition) is 8. The summed E-state index contributed by atoms with van der Waals surface area (Å²) in [6, 6.07) is 4.41. The van der Waals surface area contributed by atoms with Crippen molar-refractivity contribution in [2.75, 3.05) is 18.0 Å². The average molecular weight is 426 g/mol. The highest BCUT2D eigenvalue weighted by atomic mass is 79.9. The second kappa shape index (κ2) is 6.68. The van der Waals surface area contributed by atoms with E-state index in [2.05, 4.69) is 41.2 Å². The summed E-state index contributed by atoms with van der Waals surface area (Å²) in [5, 5.41) is 13.6. The molecule has 0 N–H and O–H groups in total. The van der Waals surface area contributed by atoms with E-state index in [0.717, 1.165) is 18.1 Å². The third-order valence-corrected chi connectivity index (χ3v) is 5.34. The fraction of sp³-hybridized carbons (Fsp3) is 0.333. The van der Waals surface area contributed by atoms with E-state index in [0.29, 0.717) is 33.5 Å². The van der Waals surface area contributed by atoms with Crippen molar-refractivity contribution in [1.82, 2.24) is 20.3 Å². The van der Waals surface area contributed by atoms with Gasteiger partial charge in [0.15, 0.2) is 5.01 Å². The van der Waals surface area contributed by atoms with Crippen LogP contribution < -0.4 is 9.64 Å². The summed E-state index contributed by atoms with van der Waals surface area (Å²) in [7, 11) is 0. The fourth-order valence-corrected chi connectivity index (χ4v) is 3.82. The minimum atomic E-state index is -0.301. The van der Waals surface area contributed by atoms with Crippen molar-refractivity contribution in [1.29, 1.82) is 0 Å². The van der Waals surface area contributed by atoms with Crippen LogP contribution >= 0.6 is 27.3 Å². The molecule has 0 amide bonds. The first-order valence-electron chi connectivity index (χ1n) is 7.59. The van der Waals surface area contributed by atoms with Gasteiger partial charge in [0.25, 0.3) is 0 Å². The van der Waals surface area contributed by atoms with Gasteiger partial charge in [0.1, 0.15) is 17.7 Å². The molecule has 0 aliphatic carbocycles. The van der Waals surface area contributed by atoms with E-state index in [1.165, 1.54) is 23.5 Å². The molecule has 0 spiro atoms. The highest BCUT2D eigenvalue weighted by Gasteiger charge is 2.27. The van der Waals surface area contributed by atoms with E-state index in [9.17, 15) is 4.39 Å². The number of hydrogen-bond donors (Lipinski definition) is 0. The second-order valence-electron chi connectivity index (χ2n) is 5.58. The van der Waals surface area contributed by atoms with Crippen LogP contribution in [0.5, 0.6) is 5.75 Å². The molecule has 0 radical (unpaired) electrons. The van der Waals surface area contributed by atoms with E-state index >= 15 is 0 Å². The average Bonchev–Trinajstić information content (AvgIpc) is 3.30. The van der Waals surface area contributed by atoms with Crippen molar-refractivity contribution >= 4 is 32.4 Å². The van der Waals surface area contributed by atoms with Gasteiger partial charge in [-0.2, -0.15) is 4.98 Å². The molecule has 1 fully saturated rings. The Kier molecular flexibility index (Phi) is 4.38. The Morgan fingerprint density at radius 1 is 1.40 bits per heavy atom. The first-order chi connectivity index (χ1) is 12.1. The molecule has 0 bridgehead atoms. The smallest absolute Gasteiger partial charge is 0.233 e. The zero-order valence-electron chi connectivity index (χ0n) is 13.1. The standard InChI is InChI=1S/C15H13BrFN5O2S/c1-8-18-13(21-24-8)14-19-20-15(25-14)22-5-4-10(7-22)23-12-3-2-9(17)6-11(12)16/h2-3,6,10H,4-5,7H2,1H3/t10-/m0/s1. The Bertz CT molecular complexity index is 902. The summed E-state index contributed by atoms with van der Waals surface area (Å²) in [4.78, 5) is 6.27. The predicted molar refractivity (Wildman–Crippen MR) is 93.3 cm³/mol. The van der Waals surface area contributed by atoms with Gasteiger partial charge in [-0.05, 0) is 34.1 Å². The Balaban J connectivity index is 1.43. The molecule has 10 heteroatoms. The Morgan fingerprint density at radius 3 is 3.04 bits per heavy atom. The second-order valence-corrected chi connectivity index (χ2v) is 7.39. The number of aryl methyl sites for hydroxylation is 1. The van der Waals surface area contributed by atoms with Crippen LogP contribution in [0.1, 0.15) is 12.3 Å². The van der Waals surface area contributed by atoms with Gasteiger partial charge in [-0.1, -0.05) is 16.5 Å². The number of ether oxygens (including phenoxy) is 1. The fourth-order valence-electron chi connectivity index (χ4n) is 2.57. The minimum absolute atomic E-state index is 0.00142. The molecular formula is C15H13BrFN5O2S. The summed E-state index contributed by atoms with van der Waals surface area (Å²) in [6.07, 6.45) is 0.849. The highest BCUT2D eigenvalue weighted by Crippen LogP contribution is 2.32. The van der Waals surface area contributed by atoms with Gasteiger partial charge in [-0.3, -0.25) is 0 Å². The van der Waals surface area contributed by atoms with Gasteiger partial charge in [-0.25, -0.2) is 4.39 Å². The van der Waals surface area contributed by atoms with Crippen LogP contribution in [0.25, 0.3) is 10.8 Å². The van der Waals surface area contributed by atoms with Crippen molar-refractivity contribution in [3.05, 3.63) is 34.4 Å². The summed E-state index contributed by atoms with van der Waals surface area (Å²) >= 11 is 4.74. The quantitative estimate of drug-likeness (QED) is 0.633. The molecule has 1 atom stereocenters. The van der Waals surface area contributed by atoms with Crippen LogP contribution in [0.2, 0.25) is 0 Å². The highest BCUT2D eigenvalue weighted by molar-refractivity contribution is 9.10. The van der Waals surface area contributed by atoms with Gasteiger partial charge in [-0.15, -0.1) is 10.2 Å². The molecule has 130 valence electrons. The molecule has 1 aliphatic heterocycles. The molecule has 3 aromatic rings. The Hall–Kier alpha value is -2.07. The molecular weight excluding hydrogens is 413 g/mol. The third kappa shape index (κ3) is 3.49. The predicted octanol–water partition coefficient (Wildman–Crippen LogP) is 3.46. The van der Waals surface area contributed by atoms with Crippen LogP contribution in [0.4, 0.5) is 9.52 Å². The number of rotatable bonds is 4. The van der Waals surface area contributed by atoms with Crippen molar-refractivity contribution < 1.29 is 13.7 Å². The molecule has 1 aliphatic rings. The lowest BCUT2D eigenvalue weighted by molar-refractivity contribution is 0.223. The van der Waals surface area contributed by atoms with Gasteiger partial charge in [0.2, 0.25) is 16.8 Å². The number of halogens is 2. The third-order valence-electron chi connectivity index (χ3n) is 3.74. The molecule has 0 unspecified atom stereocenters. The first kappa shape index (κ1) is 16.4. The van der Waals surface area contributed by atoms with Crippen LogP contribution in [0.3, 0.4) is 0 Å². The van der Waals surface area contributed by atoms with Crippen LogP contribution in [-0.4, -0.2) is 39.5 Å². The van der Waals surface area contributed by atoms with E-state index in [1.54, 1.807) is 13.0 Å². The zero-order valence-corrected chi connectivity index (χ0v) is 15.5. The molecule has 7 nitrogen and oxygen atoms in total. The first-order valence-corrected chi connectivity index (χ1v) is 9.20. The van der Waals surface area contributed by atoms with Gasteiger partial charge in [0, 0.05) is 19.9 Å². The molecule has 25 heavy (non-hydrogen) atoms. The van der Waals surface area contributed by atoms with Gasteiger partial charge < -0.3 is 14.2 Å². The van der Waals surface area contributed by atoms with Crippen molar-refractivity contribution in [3.63, 3.8) is 0 Å². The van der Waals surface area contributed by atoms with Crippen LogP contribution in [0, 0.1) is 12.7 Å². The summed E-state index contributed by atoms with van der Waals surface area (Å²) in [5.74, 6) is 1.27. The number of aromatic nitrogens is 4. The van der Waals surface area contributed by atoms with Crippen LogP contribution in [-0.2, 0) is 0 Å². The maximum absolute atomic E-state index is 13.2. The number of anilines is 1. The molecule has 4 rings (SSSR count). The van der Waals surface area contributed by atoms with Crippen LogP contribution in [0.15, 0.2) is 27.2 Å². The lowest BCUT2D eigenvalue weighted by Crippen LogP contribution is -2.24. The Morgan fingerprint density at radius 2 is 2.28 bits per heavy atom. The zero-order chi connectivity index (χ0) is 17.4. The topological polar surface area (TPSA) is 77.2 Å². The lowest BCUT2D eigenvalue weighted by atomic mass is 10.3. The Labute approximate surface area is 155 Å². The van der Waals surface area contributed by atoms with E-state index < -0.39 is 0 Å². The SMILES string of the molecule is Cc1nc(-c2nnc(N3CC[C@H](Oc4ccc(F)cc4Br)C3)s2)no1. The van der Waals surface area contributed by atoms with E-state index in [1.807, 2.05) is 0 Å².